The van der Waals surface area contributed by atoms with E-state index in [0.29, 0.717) is 22.6 Å². The monoisotopic (exact) mass is 251 g/mol. The fourth-order valence-corrected chi connectivity index (χ4v) is 1.75. The van der Waals surface area contributed by atoms with Crippen LogP contribution >= 0.6 is 11.6 Å². The molecular formula is C11H14ClN5. The molecule has 0 aliphatic rings. The maximum Gasteiger partial charge on any atom is 0.198 e. The highest BCUT2D eigenvalue weighted by Crippen LogP contribution is 2.21. The third-order valence-corrected chi connectivity index (χ3v) is 3.10. The third kappa shape index (κ3) is 1.98. The van der Waals surface area contributed by atoms with E-state index < -0.39 is 0 Å². The fourth-order valence-electron chi connectivity index (χ4n) is 1.62. The molecular weight excluding hydrogens is 238 g/mol. The standard InChI is InChI=1S/C11H14ClN5/c1-4-7-6(2)9(13)16-10(15-7)11-14-5-8(12)17(11)3/h5H,4H2,1-3H3,(H2,13,15,16). The Morgan fingerprint density at radius 3 is 2.65 bits per heavy atom. The highest BCUT2D eigenvalue weighted by molar-refractivity contribution is 6.29. The van der Waals surface area contributed by atoms with Gasteiger partial charge in [-0.25, -0.2) is 15.0 Å². The van der Waals surface area contributed by atoms with E-state index in [4.69, 9.17) is 17.3 Å². The fraction of sp³-hybridized carbons (Fsp3) is 0.364. The van der Waals surface area contributed by atoms with E-state index in [1.165, 1.54) is 0 Å². The molecule has 6 heteroatoms. The lowest BCUT2D eigenvalue weighted by Crippen LogP contribution is -2.06. The van der Waals surface area contributed by atoms with Crippen molar-refractivity contribution in [1.29, 1.82) is 0 Å². The first-order valence-corrected chi connectivity index (χ1v) is 5.73. The van der Waals surface area contributed by atoms with E-state index in [1.807, 2.05) is 20.9 Å². The number of nitrogen functional groups attached to an aromatic ring is 1. The van der Waals surface area contributed by atoms with Gasteiger partial charge in [0.1, 0.15) is 11.0 Å². The Labute approximate surface area is 105 Å². The summed E-state index contributed by atoms with van der Waals surface area (Å²) in [6.07, 6.45) is 2.38. The van der Waals surface area contributed by atoms with Gasteiger partial charge in [-0.3, -0.25) is 0 Å². The summed E-state index contributed by atoms with van der Waals surface area (Å²) in [4.78, 5) is 12.9. The van der Waals surface area contributed by atoms with Crippen LogP contribution in [0.15, 0.2) is 6.20 Å². The van der Waals surface area contributed by atoms with Crippen LogP contribution in [0.3, 0.4) is 0 Å². The second-order valence-corrected chi connectivity index (χ2v) is 4.21. The molecule has 2 rings (SSSR count). The van der Waals surface area contributed by atoms with Gasteiger partial charge in [0.05, 0.1) is 6.20 Å². The van der Waals surface area contributed by atoms with Crippen LogP contribution in [0.4, 0.5) is 5.82 Å². The van der Waals surface area contributed by atoms with E-state index in [0.717, 1.165) is 17.7 Å². The normalized spacial score (nSPS) is 10.8. The van der Waals surface area contributed by atoms with E-state index in [1.54, 1.807) is 10.8 Å². The molecule has 2 aromatic rings. The van der Waals surface area contributed by atoms with Crippen LogP contribution in [0.25, 0.3) is 11.6 Å². The summed E-state index contributed by atoms with van der Waals surface area (Å²) in [5, 5.41) is 0.542. The number of imidazole rings is 1. The SMILES string of the molecule is CCc1nc(-c2ncc(Cl)n2C)nc(N)c1C. The van der Waals surface area contributed by atoms with Gasteiger partial charge >= 0.3 is 0 Å². The number of rotatable bonds is 2. The van der Waals surface area contributed by atoms with E-state index in [-0.39, 0.29) is 0 Å². The van der Waals surface area contributed by atoms with Crippen LogP contribution in [0.2, 0.25) is 5.15 Å². The van der Waals surface area contributed by atoms with Crippen molar-refractivity contribution in [2.24, 2.45) is 7.05 Å². The van der Waals surface area contributed by atoms with Gasteiger partial charge < -0.3 is 10.3 Å². The molecule has 0 saturated carbocycles. The Balaban J connectivity index is 2.61. The predicted octanol–water partition coefficient (Wildman–Crippen LogP) is 1.98. The van der Waals surface area contributed by atoms with Gasteiger partial charge in [0.25, 0.3) is 0 Å². The van der Waals surface area contributed by atoms with Gasteiger partial charge in [0.2, 0.25) is 0 Å². The Kier molecular flexibility index (Phi) is 3.02. The van der Waals surface area contributed by atoms with Crippen LogP contribution in [0.1, 0.15) is 18.2 Å². The van der Waals surface area contributed by atoms with Crippen molar-refractivity contribution in [2.45, 2.75) is 20.3 Å². The topological polar surface area (TPSA) is 69.6 Å². The molecule has 0 aliphatic carbocycles. The molecule has 0 spiro atoms. The summed E-state index contributed by atoms with van der Waals surface area (Å²) in [5.74, 6) is 1.63. The van der Waals surface area contributed by atoms with Crippen LogP contribution in [0, 0.1) is 6.92 Å². The van der Waals surface area contributed by atoms with Crippen molar-refractivity contribution in [3.8, 4) is 11.6 Å². The lowest BCUT2D eigenvalue weighted by atomic mass is 10.2. The summed E-state index contributed by atoms with van der Waals surface area (Å²) >= 11 is 5.94. The minimum absolute atomic E-state index is 0.492. The number of hydrogen-bond donors (Lipinski definition) is 1. The van der Waals surface area contributed by atoms with Gasteiger partial charge in [0, 0.05) is 18.3 Å². The second kappa shape index (κ2) is 4.33. The molecule has 2 N–H and O–H groups in total. The van der Waals surface area contributed by atoms with Crippen molar-refractivity contribution in [1.82, 2.24) is 19.5 Å². The van der Waals surface area contributed by atoms with Crippen molar-refractivity contribution in [2.75, 3.05) is 5.73 Å². The average molecular weight is 252 g/mol. The molecule has 0 amide bonds. The molecule has 0 unspecified atom stereocenters. The first-order valence-electron chi connectivity index (χ1n) is 5.35. The highest BCUT2D eigenvalue weighted by Gasteiger charge is 2.13. The number of aromatic nitrogens is 4. The summed E-state index contributed by atoms with van der Waals surface area (Å²) in [6.45, 7) is 3.95. The van der Waals surface area contributed by atoms with E-state index in [2.05, 4.69) is 15.0 Å². The van der Waals surface area contributed by atoms with Gasteiger partial charge in [-0.15, -0.1) is 0 Å². The molecule has 0 radical (unpaired) electrons. The molecule has 0 atom stereocenters. The first-order chi connectivity index (χ1) is 8.04. The number of aryl methyl sites for hydroxylation is 1. The molecule has 0 saturated heterocycles. The largest absolute Gasteiger partial charge is 0.383 e. The molecule has 0 fully saturated rings. The predicted molar refractivity (Wildman–Crippen MR) is 67.8 cm³/mol. The highest BCUT2D eigenvalue weighted by atomic mass is 35.5. The van der Waals surface area contributed by atoms with Crippen molar-refractivity contribution in [3.05, 3.63) is 22.6 Å². The summed E-state index contributed by atoms with van der Waals surface area (Å²) in [6, 6.07) is 0. The number of anilines is 1. The number of halogens is 1. The summed E-state index contributed by atoms with van der Waals surface area (Å²) in [7, 11) is 1.82. The number of nitrogens with zero attached hydrogens (tertiary/aromatic N) is 4. The van der Waals surface area contributed by atoms with Crippen LogP contribution in [-0.2, 0) is 13.5 Å². The lowest BCUT2D eigenvalue weighted by molar-refractivity contribution is 0.893. The first kappa shape index (κ1) is 11.9. The molecule has 17 heavy (non-hydrogen) atoms. The zero-order valence-electron chi connectivity index (χ0n) is 10.0. The zero-order chi connectivity index (χ0) is 12.6. The summed E-state index contributed by atoms with van der Waals surface area (Å²) in [5.41, 5.74) is 7.73. The summed E-state index contributed by atoms with van der Waals surface area (Å²) < 4.78 is 1.73. The molecule has 5 nitrogen and oxygen atoms in total. The van der Waals surface area contributed by atoms with Gasteiger partial charge in [-0.1, -0.05) is 18.5 Å². The molecule has 90 valence electrons. The van der Waals surface area contributed by atoms with Gasteiger partial charge in [0.15, 0.2) is 11.6 Å². The Hall–Kier alpha value is -1.62. The minimum Gasteiger partial charge on any atom is -0.383 e. The van der Waals surface area contributed by atoms with Crippen molar-refractivity contribution in [3.63, 3.8) is 0 Å². The van der Waals surface area contributed by atoms with Crippen molar-refractivity contribution < 1.29 is 0 Å². The maximum atomic E-state index is 5.94. The molecule has 2 aromatic heterocycles. The molecule has 2 heterocycles. The third-order valence-electron chi connectivity index (χ3n) is 2.75. The number of hydrogen-bond acceptors (Lipinski definition) is 4. The van der Waals surface area contributed by atoms with Gasteiger partial charge in [-0.05, 0) is 13.3 Å². The Morgan fingerprint density at radius 1 is 1.41 bits per heavy atom. The quantitative estimate of drug-likeness (QED) is 0.886. The minimum atomic E-state index is 0.492. The van der Waals surface area contributed by atoms with Crippen molar-refractivity contribution >= 4 is 17.4 Å². The zero-order valence-corrected chi connectivity index (χ0v) is 10.8. The lowest BCUT2D eigenvalue weighted by Gasteiger charge is -2.08. The average Bonchev–Trinajstić information content (AvgIpc) is 2.64. The van der Waals surface area contributed by atoms with Gasteiger partial charge in [-0.2, -0.15) is 0 Å². The van der Waals surface area contributed by atoms with E-state index in [9.17, 15) is 0 Å². The molecule has 0 aliphatic heterocycles. The second-order valence-electron chi connectivity index (χ2n) is 3.82. The van der Waals surface area contributed by atoms with Crippen LogP contribution in [0.5, 0.6) is 0 Å². The van der Waals surface area contributed by atoms with E-state index >= 15 is 0 Å². The Bertz CT molecular complexity index is 561. The Morgan fingerprint density at radius 2 is 2.12 bits per heavy atom. The number of nitrogens with two attached hydrogens (primary N) is 1. The van der Waals surface area contributed by atoms with Crippen LogP contribution < -0.4 is 5.73 Å². The molecule has 0 bridgehead atoms. The molecule has 0 aromatic carbocycles. The smallest absolute Gasteiger partial charge is 0.198 e. The maximum absolute atomic E-state index is 5.94. The van der Waals surface area contributed by atoms with Crippen LogP contribution in [-0.4, -0.2) is 19.5 Å².